The number of pyridine rings is 2. The maximum absolute atomic E-state index is 12.6. The molecule has 0 unspecified atom stereocenters. The van der Waals surface area contributed by atoms with Crippen LogP contribution in [0.5, 0.6) is 17.2 Å². The Balaban J connectivity index is 1.35. The average Bonchev–Trinajstić information content (AvgIpc) is 2.99. The third kappa shape index (κ3) is 7.38. The van der Waals surface area contributed by atoms with E-state index in [0.29, 0.717) is 51.8 Å². The van der Waals surface area contributed by atoms with Crippen LogP contribution in [0.2, 0.25) is 0 Å². The summed E-state index contributed by atoms with van der Waals surface area (Å²) in [7, 11) is 0. The molecule has 41 heavy (non-hydrogen) atoms. The Morgan fingerprint density at radius 3 is 2.51 bits per heavy atom. The number of benzene rings is 2. The molecule has 1 fully saturated rings. The Morgan fingerprint density at radius 2 is 1.76 bits per heavy atom. The van der Waals surface area contributed by atoms with Gasteiger partial charge in [-0.2, -0.15) is 0 Å². The van der Waals surface area contributed by atoms with Gasteiger partial charge in [-0.15, -0.1) is 0 Å². The van der Waals surface area contributed by atoms with Gasteiger partial charge in [-0.3, -0.25) is 19.5 Å². The molecular weight excluding hydrogens is 518 g/mol. The van der Waals surface area contributed by atoms with E-state index in [1.165, 1.54) is 19.3 Å². The maximum atomic E-state index is 12.6. The monoisotopic (exact) mass is 549 g/mol. The van der Waals surface area contributed by atoms with Crippen molar-refractivity contribution in [2.45, 2.75) is 26.2 Å². The maximum Gasteiger partial charge on any atom is 0.300 e. The molecule has 4 aromatic rings. The van der Waals surface area contributed by atoms with Crippen molar-refractivity contribution in [3.05, 3.63) is 78.6 Å². The zero-order chi connectivity index (χ0) is 28.4. The minimum atomic E-state index is -0.432. The van der Waals surface area contributed by atoms with Crippen molar-refractivity contribution in [2.24, 2.45) is 0 Å². The number of nitrogens with zero attached hydrogens (tertiary/aromatic N) is 3. The van der Waals surface area contributed by atoms with Crippen LogP contribution in [-0.2, 0) is 4.79 Å². The van der Waals surface area contributed by atoms with Gasteiger partial charge in [-0.05, 0) is 87.3 Å². The first-order valence-corrected chi connectivity index (χ1v) is 13.6. The highest BCUT2D eigenvalue weighted by Crippen LogP contribution is 2.36. The van der Waals surface area contributed by atoms with Gasteiger partial charge in [-0.1, -0.05) is 18.4 Å². The van der Waals surface area contributed by atoms with E-state index in [9.17, 15) is 9.59 Å². The van der Waals surface area contributed by atoms with Crippen LogP contribution in [0.1, 0.15) is 36.5 Å². The van der Waals surface area contributed by atoms with Crippen LogP contribution in [-0.4, -0.2) is 52.9 Å². The highest BCUT2D eigenvalue weighted by atomic mass is 16.5. The molecule has 208 valence electrons. The molecule has 0 radical (unpaired) electrons. The van der Waals surface area contributed by atoms with Crippen molar-refractivity contribution in [1.82, 2.24) is 14.9 Å². The zero-order valence-electron chi connectivity index (χ0n) is 22.9. The molecule has 2 aromatic carbocycles. The second-order valence-corrected chi connectivity index (χ2v) is 9.55. The van der Waals surface area contributed by atoms with Crippen molar-refractivity contribution in [1.29, 1.82) is 0 Å². The van der Waals surface area contributed by atoms with Crippen LogP contribution < -0.4 is 20.1 Å². The molecule has 2 amide bonds. The number of likely N-dealkylation sites (tertiary alicyclic amines) is 1. The van der Waals surface area contributed by atoms with E-state index in [1.807, 2.05) is 0 Å². The lowest BCUT2D eigenvalue weighted by Crippen LogP contribution is -2.33. The second-order valence-electron chi connectivity index (χ2n) is 9.55. The Kier molecular flexibility index (Phi) is 9.04. The van der Waals surface area contributed by atoms with Gasteiger partial charge in [0.25, 0.3) is 11.8 Å². The summed E-state index contributed by atoms with van der Waals surface area (Å²) in [5.41, 5.74) is 1.61. The summed E-state index contributed by atoms with van der Waals surface area (Å²) in [6, 6.07) is 17.5. The van der Waals surface area contributed by atoms with Gasteiger partial charge >= 0.3 is 0 Å². The SMILES string of the molecule is CC#CC(=O)Nc1cc2c(Oc3ccc(C(=O)Nc4ccccn4)cc3)ccnc2cc1OCCN1CCCCC1. The van der Waals surface area contributed by atoms with Crippen LogP contribution in [0.4, 0.5) is 11.5 Å². The molecule has 2 aromatic heterocycles. The van der Waals surface area contributed by atoms with E-state index in [-0.39, 0.29) is 5.91 Å². The minimum Gasteiger partial charge on any atom is -0.490 e. The predicted octanol–water partition coefficient (Wildman–Crippen LogP) is 5.50. The van der Waals surface area contributed by atoms with Gasteiger partial charge in [-0.25, -0.2) is 4.98 Å². The Bertz CT molecular complexity index is 1570. The second kappa shape index (κ2) is 13.4. The third-order valence-corrected chi connectivity index (χ3v) is 6.65. The smallest absolute Gasteiger partial charge is 0.300 e. The fourth-order valence-electron chi connectivity index (χ4n) is 4.62. The molecule has 0 atom stereocenters. The number of nitrogens with one attached hydrogen (secondary N) is 2. The number of hydrogen-bond acceptors (Lipinski definition) is 7. The van der Waals surface area contributed by atoms with Gasteiger partial charge in [0, 0.05) is 36.0 Å². The lowest BCUT2D eigenvalue weighted by molar-refractivity contribution is -0.111. The number of hydrogen-bond donors (Lipinski definition) is 2. The quantitative estimate of drug-likeness (QED) is 0.266. The first kappa shape index (κ1) is 27.6. The van der Waals surface area contributed by atoms with Crippen molar-refractivity contribution in [3.8, 4) is 29.1 Å². The van der Waals surface area contributed by atoms with Crippen molar-refractivity contribution < 1.29 is 19.1 Å². The fraction of sp³-hybridized carbons (Fsp3) is 0.250. The number of aromatic nitrogens is 2. The van der Waals surface area contributed by atoms with Crippen molar-refractivity contribution in [2.75, 3.05) is 36.9 Å². The lowest BCUT2D eigenvalue weighted by atomic mass is 10.1. The molecular formula is C32H31N5O4. The summed E-state index contributed by atoms with van der Waals surface area (Å²) < 4.78 is 12.3. The predicted molar refractivity (Wildman–Crippen MR) is 158 cm³/mol. The number of carbonyl (C=O) groups is 2. The van der Waals surface area contributed by atoms with E-state index in [4.69, 9.17) is 9.47 Å². The molecule has 1 aliphatic heterocycles. The number of piperidine rings is 1. The molecule has 9 nitrogen and oxygen atoms in total. The number of carbonyl (C=O) groups excluding carboxylic acids is 2. The minimum absolute atomic E-state index is 0.270. The summed E-state index contributed by atoms with van der Waals surface area (Å²) in [5.74, 6) is 6.51. The highest BCUT2D eigenvalue weighted by Gasteiger charge is 2.15. The first-order chi connectivity index (χ1) is 20.1. The number of anilines is 2. The van der Waals surface area contributed by atoms with E-state index >= 15 is 0 Å². The van der Waals surface area contributed by atoms with Crippen molar-refractivity contribution >= 4 is 34.2 Å². The molecule has 0 spiro atoms. The van der Waals surface area contributed by atoms with E-state index in [0.717, 1.165) is 19.6 Å². The van der Waals surface area contributed by atoms with E-state index < -0.39 is 5.91 Å². The average molecular weight is 550 g/mol. The lowest BCUT2D eigenvalue weighted by Gasteiger charge is -2.26. The zero-order valence-corrected chi connectivity index (χ0v) is 22.9. The van der Waals surface area contributed by atoms with Gasteiger partial charge in [0.15, 0.2) is 0 Å². The molecule has 9 heteroatoms. The molecule has 0 saturated carbocycles. The summed E-state index contributed by atoms with van der Waals surface area (Å²) in [4.78, 5) is 36.0. The van der Waals surface area contributed by atoms with Gasteiger partial charge < -0.3 is 20.1 Å². The molecule has 3 heterocycles. The standard InChI is InChI=1S/C32H31N5O4/c1-2-8-31(38)35-27-21-25-26(22-29(27)40-20-19-37-17-6-3-7-18-37)33-16-14-28(25)41-24-12-10-23(11-13-24)32(39)36-30-9-4-5-15-34-30/h4-5,9-16,21-22H,3,6-7,17-20H2,1H3,(H,35,38)(H,34,36,39). The molecule has 2 N–H and O–H groups in total. The van der Waals surface area contributed by atoms with Crippen LogP contribution in [0, 0.1) is 11.8 Å². The molecule has 1 aliphatic rings. The topological polar surface area (TPSA) is 106 Å². The van der Waals surface area contributed by atoms with Crippen molar-refractivity contribution in [3.63, 3.8) is 0 Å². The molecule has 1 saturated heterocycles. The molecule has 0 bridgehead atoms. The van der Waals surface area contributed by atoms with Crippen LogP contribution in [0.15, 0.2) is 73.1 Å². The Hall–Kier alpha value is -4.94. The summed E-state index contributed by atoms with van der Waals surface area (Å²) in [6.07, 6.45) is 6.97. The van der Waals surface area contributed by atoms with E-state index in [1.54, 1.807) is 80.0 Å². The Labute approximate surface area is 238 Å². The molecule has 0 aliphatic carbocycles. The number of rotatable bonds is 9. The number of ether oxygens (including phenoxy) is 2. The van der Waals surface area contributed by atoms with Crippen LogP contribution in [0.25, 0.3) is 10.9 Å². The molecule has 5 rings (SSSR count). The normalized spacial score (nSPS) is 13.1. The van der Waals surface area contributed by atoms with Crippen LogP contribution >= 0.6 is 0 Å². The van der Waals surface area contributed by atoms with Gasteiger partial charge in [0.05, 0.1) is 11.2 Å². The Morgan fingerprint density at radius 1 is 0.927 bits per heavy atom. The van der Waals surface area contributed by atoms with E-state index in [2.05, 4.69) is 37.3 Å². The summed E-state index contributed by atoms with van der Waals surface area (Å²) in [6.45, 7) is 5.07. The number of fused-ring (bicyclic) bond motifs is 1. The van der Waals surface area contributed by atoms with Gasteiger partial charge in [0.1, 0.15) is 29.7 Å². The summed E-state index contributed by atoms with van der Waals surface area (Å²) >= 11 is 0. The summed E-state index contributed by atoms with van der Waals surface area (Å²) in [5, 5.41) is 6.29. The third-order valence-electron chi connectivity index (χ3n) is 6.65. The first-order valence-electron chi connectivity index (χ1n) is 13.6. The largest absolute Gasteiger partial charge is 0.490 e. The highest BCUT2D eigenvalue weighted by molar-refractivity contribution is 6.06. The fourth-order valence-corrected chi connectivity index (χ4v) is 4.62. The number of amides is 2. The van der Waals surface area contributed by atoms with Gasteiger partial charge in [0.2, 0.25) is 0 Å². The van der Waals surface area contributed by atoms with Crippen LogP contribution in [0.3, 0.4) is 0 Å².